The number of sulfone groups is 1. The largest absolute Gasteiger partial charge is 0.335 e. The number of carbonyl (C=O) groups is 1. The zero-order valence-corrected chi connectivity index (χ0v) is 15.1. The van der Waals surface area contributed by atoms with Crippen molar-refractivity contribution in [1.82, 2.24) is 4.90 Å². The summed E-state index contributed by atoms with van der Waals surface area (Å²) in [7, 11) is -1.57. The van der Waals surface area contributed by atoms with E-state index in [0.29, 0.717) is 0 Å². The van der Waals surface area contributed by atoms with Gasteiger partial charge < -0.3 is 4.90 Å². The van der Waals surface area contributed by atoms with Crippen LogP contribution in [0.4, 0.5) is 4.39 Å². The Balaban J connectivity index is 2.09. The third kappa shape index (κ3) is 5.00. The first-order valence-corrected chi connectivity index (χ1v) is 9.58. The molecule has 132 valence electrons. The van der Waals surface area contributed by atoms with Gasteiger partial charge in [0.15, 0.2) is 9.84 Å². The van der Waals surface area contributed by atoms with Crippen molar-refractivity contribution in [2.24, 2.45) is 0 Å². The summed E-state index contributed by atoms with van der Waals surface area (Å²) in [6.07, 6.45) is 4.20. The SMILES string of the molecule is CC(c1ccc(S(C)(=O)=O)cc1)N(C)C(=O)/C=C/c1ccc(F)cc1. The number of carbonyl (C=O) groups excluding carboxylic acids is 1. The van der Waals surface area contributed by atoms with Crippen LogP contribution in [0.5, 0.6) is 0 Å². The molecule has 0 saturated carbocycles. The molecule has 0 aliphatic carbocycles. The number of hydrogen-bond acceptors (Lipinski definition) is 3. The molecule has 1 unspecified atom stereocenters. The predicted molar refractivity (Wildman–Crippen MR) is 96.2 cm³/mol. The number of rotatable bonds is 5. The van der Waals surface area contributed by atoms with E-state index in [1.165, 1.54) is 30.3 Å². The lowest BCUT2D eigenvalue weighted by molar-refractivity contribution is -0.126. The molecule has 0 N–H and O–H groups in total. The summed E-state index contributed by atoms with van der Waals surface area (Å²) in [5.41, 5.74) is 1.56. The van der Waals surface area contributed by atoms with E-state index in [4.69, 9.17) is 0 Å². The van der Waals surface area contributed by atoms with Gasteiger partial charge in [0.25, 0.3) is 0 Å². The highest BCUT2D eigenvalue weighted by molar-refractivity contribution is 7.90. The topological polar surface area (TPSA) is 54.5 Å². The van der Waals surface area contributed by atoms with Gasteiger partial charge in [-0.1, -0.05) is 24.3 Å². The lowest BCUT2D eigenvalue weighted by Crippen LogP contribution is -2.28. The number of benzene rings is 2. The van der Waals surface area contributed by atoms with Crippen LogP contribution in [0.1, 0.15) is 24.1 Å². The molecule has 25 heavy (non-hydrogen) atoms. The van der Waals surface area contributed by atoms with Crippen LogP contribution in [0.3, 0.4) is 0 Å². The van der Waals surface area contributed by atoms with Crippen LogP contribution < -0.4 is 0 Å². The van der Waals surface area contributed by atoms with E-state index in [2.05, 4.69) is 0 Å². The van der Waals surface area contributed by atoms with Crippen molar-refractivity contribution in [2.45, 2.75) is 17.9 Å². The molecule has 6 heteroatoms. The normalized spacial score (nSPS) is 13.0. The molecule has 2 aromatic rings. The second-order valence-electron chi connectivity index (χ2n) is 5.85. The van der Waals surface area contributed by atoms with Gasteiger partial charge in [-0.3, -0.25) is 4.79 Å². The van der Waals surface area contributed by atoms with Crippen LogP contribution in [0.15, 0.2) is 59.5 Å². The zero-order chi connectivity index (χ0) is 18.6. The highest BCUT2D eigenvalue weighted by Gasteiger charge is 2.16. The molecule has 0 aromatic heterocycles. The van der Waals surface area contributed by atoms with Crippen LogP contribution in [0.25, 0.3) is 6.08 Å². The molecule has 1 amide bonds. The van der Waals surface area contributed by atoms with Crippen molar-refractivity contribution in [2.75, 3.05) is 13.3 Å². The molecule has 0 aliphatic heterocycles. The molecule has 4 nitrogen and oxygen atoms in total. The summed E-state index contributed by atoms with van der Waals surface area (Å²) in [6, 6.07) is 12.1. The molecule has 0 radical (unpaired) electrons. The van der Waals surface area contributed by atoms with Crippen molar-refractivity contribution < 1.29 is 17.6 Å². The highest BCUT2D eigenvalue weighted by atomic mass is 32.2. The third-order valence-corrected chi connectivity index (χ3v) is 5.14. The van der Waals surface area contributed by atoms with Gasteiger partial charge >= 0.3 is 0 Å². The molecule has 2 aromatic carbocycles. The summed E-state index contributed by atoms with van der Waals surface area (Å²) >= 11 is 0. The fourth-order valence-corrected chi connectivity index (χ4v) is 2.90. The lowest BCUT2D eigenvalue weighted by Gasteiger charge is -2.24. The monoisotopic (exact) mass is 361 g/mol. The van der Waals surface area contributed by atoms with Crippen molar-refractivity contribution in [3.8, 4) is 0 Å². The lowest BCUT2D eigenvalue weighted by atomic mass is 10.1. The Morgan fingerprint density at radius 3 is 2.16 bits per heavy atom. The van der Waals surface area contributed by atoms with Gasteiger partial charge in [0.05, 0.1) is 10.9 Å². The van der Waals surface area contributed by atoms with E-state index in [0.717, 1.165) is 17.4 Å². The maximum atomic E-state index is 12.9. The fourth-order valence-electron chi connectivity index (χ4n) is 2.27. The first kappa shape index (κ1) is 18.9. The maximum Gasteiger partial charge on any atom is 0.246 e. The number of nitrogens with zero attached hydrogens (tertiary/aromatic N) is 1. The standard InChI is InChI=1S/C19H20FNO3S/c1-14(16-7-11-18(12-8-16)25(3,23)24)21(2)19(22)13-6-15-4-9-17(20)10-5-15/h4-14H,1-3H3/b13-6+. The molecule has 0 aliphatic rings. The van der Waals surface area contributed by atoms with E-state index >= 15 is 0 Å². The van der Waals surface area contributed by atoms with Crippen LogP contribution in [-0.2, 0) is 14.6 Å². The summed E-state index contributed by atoms with van der Waals surface area (Å²) in [4.78, 5) is 14.1. The van der Waals surface area contributed by atoms with Gasteiger partial charge in [0.2, 0.25) is 5.91 Å². The van der Waals surface area contributed by atoms with Crippen LogP contribution in [-0.4, -0.2) is 32.5 Å². The molecule has 0 saturated heterocycles. The smallest absolute Gasteiger partial charge is 0.246 e. The van der Waals surface area contributed by atoms with E-state index in [1.807, 2.05) is 6.92 Å². The Labute approximate surface area is 147 Å². The second-order valence-corrected chi connectivity index (χ2v) is 7.87. The van der Waals surface area contributed by atoms with E-state index in [1.54, 1.807) is 42.3 Å². The van der Waals surface area contributed by atoms with Gasteiger partial charge in [0, 0.05) is 19.4 Å². The minimum atomic E-state index is -3.24. The third-order valence-electron chi connectivity index (χ3n) is 4.01. The Kier molecular flexibility index (Phi) is 5.74. The Hall–Kier alpha value is -2.47. The Morgan fingerprint density at radius 1 is 1.08 bits per heavy atom. The predicted octanol–water partition coefficient (Wildman–Crippen LogP) is 3.46. The van der Waals surface area contributed by atoms with Crippen LogP contribution in [0.2, 0.25) is 0 Å². The summed E-state index contributed by atoms with van der Waals surface area (Å²) in [5.74, 6) is -0.532. The first-order chi connectivity index (χ1) is 11.7. The fraction of sp³-hybridized carbons (Fsp3) is 0.211. The van der Waals surface area contributed by atoms with Crippen molar-refractivity contribution in [3.63, 3.8) is 0 Å². The van der Waals surface area contributed by atoms with E-state index in [-0.39, 0.29) is 22.7 Å². The van der Waals surface area contributed by atoms with Crippen LogP contribution >= 0.6 is 0 Å². The summed E-state index contributed by atoms with van der Waals surface area (Å²) < 4.78 is 35.9. The van der Waals surface area contributed by atoms with Crippen molar-refractivity contribution >= 4 is 21.8 Å². The molecule has 1 atom stereocenters. The number of hydrogen-bond donors (Lipinski definition) is 0. The molecule has 0 heterocycles. The second kappa shape index (κ2) is 7.61. The molecule has 0 spiro atoms. The highest BCUT2D eigenvalue weighted by Crippen LogP contribution is 2.21. The van der Waals surface area contributed by atoms with Crippen molar-refractivity contribution in [3.05, 3.63) is 71.6 Å². The minimum absolute atomic E-state index is 0.205. The number of halogens is 1. The zero-order valence-electron chi connectivity index (χ0n) is 14.3. The summed E-state index contributed by atoms with van der Waals surface area (Å²) in [6.45, 7) is 1.86. The van der Waals surface area contributed by atoms with E-state index < -0.39 is 9.84 Å². The molecule has 0 bridgehead atoms. The number of likely N-dealkylation sites (N-methyl/N-ethyl adjacent to an activating group) is 1. The maximum absolute atomic E-state index is 12.9. The van der Waals surface area contributed by atoms with Gasteiger partial charge in [0.1, 0.15) is 5.82 Å². The van der Waals surface area contributed by atoms with Gasteiger partial charge in [-0.25, -0.2) is 12.8 Å². The first-order valence-electron chi connectivity index (χ1n) is 7.69. The molecule has 0 fully saturated rings. The molecular formula is C19H20FNO3S. The average molecular weight is 361 g/mol. The van der Waals surface area contributed by atoms with E-state index in [9.17, 15) is 17.6 Å². The van der Waals surface area contributed by atoms with Crippen molar-refractivity contribution in [1.29, 1.82) is 0 Å². The van der Waals surface area contributed by atoms with Crippen LogP contribution in [0, 0.1) is 5.82 Å². The quantitative estimate of drug-likeness (QED) is 0.767. The Bertz CT molecular complexity index is 872. The molecule has 2 rings (SSSR count). The average Bonchev–Trinajstić information content (AvgIpc) is 2.59. The minimum Gasteiger partial charge on any atom is -0.335 e. The van der Waals surface area contributed by atoms with Gasteiger partial charge in [-0.05, 0) is 48.4 Å². The summed E-state index contributed by atoms with van der Waals surface area (Å²) in [5, 5.41) is 0. The number of amides is 1. The molecular weight excluding hydrogens is 341 g/mol. The van der Waals surface area contributed by atoms with Gasteiger partial charge in [-0.15, -0.1) is 0 Å². The van der Waals surface area contributed by atoms with Gasteiger partial charge in [-0.2, -0.15) is 0 Å². The Morgan fingerprint density at radius 2 is 1.64 bits per heavy atom.